The zero-order chi connectivity index (χ0) is 14.1. The van der Waals surface area contributed by atoms with Gasteiger partial charge in [0.05, 0.1) is 0 Å². The molecule has 2 nitrogen and oxygen atoms in total. The first-order chi connectivity index (χ1) is 10.4. The average Bonchev–Trinajstić information content (AvgIpc) is 2.57. The maximum atomic E-state index is 4.02. The van der Waals surface area contributed by atoms with Crippen molar-refractivity contribution in [2.24, 2.45) is 5.92 Å². The van der Waals surface area contributed by atoms with Crippen molar-refractivity contribution < 1.29 is 0 Å². The standard InChI is InChI=1S/C19H28N2/c1-2-4-15(5-3-1)16-6-8-18(9-7-16)20-19-14-21-12-10-17(19)11-13-21/h1-5,16-20H,6-14H2. The van der Waals surface area contributed by atoms with E-state index in [0.717, 1.165) is 23.9 Å². The molecule has 2 bridgehead atoms. The summed E-state index contributed by atoms with van der Waals surface area (Å²) in [6.45, 7) is 4.01. The molecule has 1 N–H and O–H groups in total. The molecule has 1 atom stereocenters. The van der Waals surface area contributed by atoms with Crippen molar-refractivity contribution in [3.05, 3.63) is 35.9 Å². The number of piperidine rings is 3. The van der Waals surface area contributed by atoms with Crippen molar-refractivity contribution in [3.8, 4) is 0 Å². The number of nitrogens with one attached hydrogen (secondary N) is 1. The molecule has 4 aliphatic rings. The van der Waals surface area contributed by atoms with E-state index >= 15 is 0 Å². The van der Waals surface area contributed by atoms with Crippen LogP contribution >= 0.6 is 0 Å². The second-order valence-corrected chi connectivity index (χ2v) is 7.37. The first-order valence-electron chi connectivity index (χ1n) is 8.92. The zero-order valence-electron chi connectivity index (χ0n) is 13.0. The van der Waals surface area contributed by atoms with Gasteiger partial charge in [0.25, 0.3) is 0 Å². The Morgan fingerprint density at radius 2 is 1.57 bits per heavy atom. The highest BCUT2D eigenvalue weighted by Gasteiger charge is 2.35. The number of fused-ring (bicyclic) bond motifs is 3. The Morgan fingerprint density at radius 1 is 0.857 bits per heavy atom. The maximum Gasteiger partial charge on any atom is 0.0226 e. The van der Waals surface area contributed by atoms with Crippen LogP contribution in [0.5, 0.6) is 0 Å². The van der Waals surface area contributed by atoms with Gasteiger partial charge in [-0.15, -0.1) is 0 Å². The summed E-state index contributed by atoms with van der Waals surface area (Å²) in [6, 6.07) is 12.7. The van der Waals surface area contributed by atoms with Gasteiger partial charge >= 0.3 is 0 Å². The van der Waals surface area contributed by atoms with Crippen molar-refractivity contribution in [1.29, 1.82) is 0 Å². The molecule has 0 radical (unpaired) electrons. The summed E-state index contributed by atoms with van der Waals surface area (Å²) in [5.41, 5.74) is 1.55. The maximum absolute atomic E-state index is 4.02. The summed E-state index contributed by atoms with van der Waals surface area (Å²) in [5, 5.41) is 4.02. The van der Waals surface area contributed by atoms with Crippen molar-refractivity contribution in [1.82, 2.24) is 10.2 Å². The number of hydrogen-bond donors (Lipinski definition) is 1. The fraction of sp³-hybridized carbons (Fsp3) is 0.684. The third-order valence-corrected chi connectivity index (χ3v) is 6.10. The predicted molar refractivity (Wildman–Crippen MR) is 87.5 cm³/mol. The number of hydrogen-bond acceptors (Lipinski definition) is 2. The molecule has 3 aliphatic heterocycles. The molecule has 114 valence electrons. The lowest BCUT2D eigenvalue weighted by Gasteiger charge is -2.47. The smallest absolute Gasteiger partial charge is 0.0226 e. The van der Waals surface area contributed by atoms with Crippen LogP contribution in [0.25, 0.3) is 0 Å². The van der Waals surface area contributed by atoms with Gasteiger partial charge in [-0.1, -0.05) is 30.3 Å². The Morgan fingerprint density at radius 3 is 2.19 bits per heavy atom. The summed E-state index contributed by atoms with van der Waals surface area (Å²) >= 11 is 0. The fourth-order valence-electron chi connectivity index (χ4n) is 4.78. The number of nitrogens with zero attached hydrogens (tertiary/aromatic N) is 1. The lowest BCUT2D eigenvalue weighted by atomic mass is 9.79. The molecular weight excluding hydrogens is 256 g/mol. The van der Waals surface area contributed by atoms with Gasteiger partial charge in [0.1, 0.15) is 0 Å². The van der Waals surface area contributed by atoms with E-state index in [0.29, 0.717) is 0 Å². The first kappa shape index (κ1) is 13.8. The van der Waals surface area contributed by atoms with Crippen LogP contribution in [0, 0.1) is 5.92 Å². The van der Waals surface area contributed by atoms with E-state index in [-0.39, 0.29) is 0 Å². The van der Waals surface area contributed by atoms with Crippen LogP contribution in [0.2, 0.25) is 0 Å². The largest absolute Gasteiger partial charge is 0.310 e. The van der Waals surface area contributed by atoms with Crippen LogP contribution in [0.3, 0.4) is 0 Å². The molecule has 1 saturated carbocycles. The Balaban J connectivity index is 1.30. The molecule has 1 aromatic rings. The van der Waals surface area contributed by atoms with Gasteiger partial charge in [-0.05, 0) is 69.0 Å². The van der Waals surface area contributed by atoms with Crippen molar-refractivity contribution in [2.45, 2.75) is 56.5 Å². The molecule has 4 fully saturated rings. The van der Waals surface area contributed by atoms with Gasteiger partial charge in [0.2, 0.25) is 0 Å². The minimum Gasteiger partial charge on any atom is -0.310 e. The molecule has 21 heavy (non-hydrogen) atoms. The van der Waals surface area contributed by atoms with Gasteiger partial charge in [-0.2, -0.15) is 0 Å². The van der Waals surface area contributed by atoms with Gasteiger partial charge in [0.15, 0.2) is 0 Å². The average molecular weight is 284 g/mol. The second kappa shape index (κ2) is 6.10. The van der Waals surface area contributed by atoms with Gasteiger partial charge in [0, 0.05) is 18.6 Å². The predicted octanol–water partition coefficient (Wildman–Crippen LogP) is 3.40. The van der Waals surface area contributed by atoms with Crippen LogP contribution in [-0.4, -0.2) is 36.6 Å². The molecule has 1 aliphatic carbocycles. The summed E-state index contributed by atoms with van der Waals surface area (Å²) in [4.78, 5) is 2.66. The van der Waals surface area contributed by atoms with Gasteiger partial charge < -0.3 is 10.2 Å². The van der Waals surface area contributed by atoms with Crippen LogP contribution in [0.4, 0.5) is 0 Å². The Bertz CT molecular complexity index is 442. The molecule has 2 heteroatoms. The minimum atomic E-state index is 0.774. The normalized spacial score (nSPS) is 39.3. The van der Waals surface area contributed by atoms with Crippen LogP contribution < -0.4 is 5.32 Å². The molecule has 3 heterocycles. The first-order valence-corrected chi connectivity index (χ1v) is 8.92. The van der Waals surface area contributed by atoms with E-state index in [9.17, 15) is 0 Å². The van der Waals surface area contributed by atoms with E-state index in [1.807, 2.05) is 0 Å². The zero-order valence-corrected chi connectivity index (χ0v) is 13.0. The Hall–Kier alpha value is -0.860. The van der Waals surface area contributed by atoms with Crippen molar-refractivity contribution >= 4 is 0 Å². The Labute approximate surface area is 128 Å². The van der Waals surface area contributed by atoms with Crippen LogP contribution in [0.1, 0.15) is 50.0 Å². The summed E-state index contributed by atoms with van der Waals surface area (Å²) < 4.78 is 0. The fourth-order valence-corrected chi connectivity index (χ4v) is 4.78. The van der Waals surface area contributed by atoms with E-state index in [1.54, 1.807) is 5.56 Å². The third kappa shape index (κ3) is 3.02. The molecule has 0 spiro atoms. The third-order valence-electron chi connectivity index (χ3n) is 6.10. The van der Waals surface area contributed by atoms with Crippen LogP contribution in [0.15, 0.2) is 30.3 Å². The second-order valence-electron chi connectivity index (χ2n) is 7.37. The summed E-state index contributed by atoms with van der Waals surface area (Å²) in [7, 11) is 0. The minimum absolute atomic E-state index is 0.774. The monoisotopic (exact) mass is 284 g/mol. The molecule has 1 unspecified atom stereocenters. The quantitative estimate of drug-likeness (QED) is 0.915. The topological polar surface area (TPSA) is 15.3 Å². The molecule has 0 aromatic heterocycles. The highest BCUT2D eigenvalue weighted by Crippen LogP contribution is 2.34. The van der Waals surface area contributed by atoms with Crippen LogP contribution in [-0.2, 0) is 0 Å². The van der Waals surface area contributed by atoms with E-state index < -0.39 is 0 Å². The number of benzene rings is 1. The molecule has 3 saturated heterocycles. The lowest BCUT2D eigenvalue weighted by molar-refractivity contribution is 0.0636. The van der Waals surface area contributed by atoms with Gasteiger partial charge in [-0.3, -0.25) is 0 Å². The molecular formula is C19H28N2. The van der Waals surface area contributed by atoms with E-state index in [1.165, 1.54) is 58.2 Å². The molecule has 0 amide bonds. The van der Waals surface area contributed by atoms with Crippen molar-refractivity contribution in [2.75, 3.05) is 19.6 Å². The summed E-state index contributed by atoms with van der Waals surface area (Å²) in [6.07, 6.45) is 8.31. The Kier molecular flexibility index (Phi) is 4.00. The van der Waals surface area contributed by atoms with Gasteiger partial charge in [-0.25, -0.2) is 0 Å². The summed E-state index contributed by atoms with van der Waals surface area (Å²) in [5.74, 6) is 1.76. The van der Waals surface area contributed by atoms with E-state index in [4.69, 9.17) is 0 Å². The molecule has 1 aromatic carbocycles. The lowest BCUT2D eigenvalue weighted by Crippen LogP contribution is -2.58. The molecule has 5 rings (SSSR count). The highest BCUT2D eigenvalue weighted by atomic mass is 15.2. The number of rotatable bonds is 3. The SMILES string of the molecule is c1ccc(C2CCC(NC3CN4CCC3CC4)CC2)cc1. The van der Waals surface area contributed by atoms with E-state index in [2.05, 4.69) is 40.5 Å². The van der Waals surface area contributed by atoms with Crippen molar-refractivity contribution in [3.63, 3.8) is 0 Å². The highest BCUT2D eigenvalue weighted by molar-refractivity contribution is 5.20.